The van der Waals surface area contributed by atoms with Crippen LogP contribution in [0.2, 0.25) is 0 Å². The summed E-state index contributed by atoms with van der Waals surface area (Å²) >= 11 is 1.52. The van der Waals surface area contributed by atoms with E-state index in [9.17, 15) is 9.59 Å². The van der Waals surface area contributed by atoms with Gasteiger partial charge in [0.2, 0.25) is 5.91 Å². The standard InChI is InChI=1S/C21H20N2O3S/c1-3-26-21(25)16-8-5-9-17(11-16)22-19(24)12-18-13-27-20(23-18)15-7-4-6-14(2)10-15/h4-11,13H,3,12H2,1-2H3,(H,22,24). The average Bonchev–Trinajstić information content (AvgIpc) is 3.10. The van der Waals surface area contributed by atoms with Crippen LogP contribution in [0.15, 0.2) is 53.9 Å². The van der Waals surface area contributed by atoms with E-state index >= 15 is 0 Å². The molecule has 3 aromatic rings. The number of ether oxygens (including phenoxy) is 1. The summed E-state index contributed by atoms with van der Waals surface area (Å²) in [5.41, 5.74) is 3.90. The SMILES string of the molecule is CCOC(=O)c1cccc(NC(=O)Cc2csc(-c3cccc(C)c3)n2)c1. The zero-order valence-electron chi connectivity index (χ0n) is 15.2. The first-order valence-corrected chi connectivity index (χ1v) is 9.51. The van der Waals surface area contributed by atoms with E-state index in [-0.39, 0.29) is 12.3 Å². The largest absolute Gasteiger partial charge is 0.462 e. The second-order valence-electron chi connectivity index (χ2n) is 6.04. The van der Waals surface area contributed by atoms with Gasteiger partial charge < -0.3 is 10.1 Å². The van der Waals surface area contributed by atoms with Crippen molar-refractivity contribution in [3.63, 3.8) is 0 Å². The summed E-state index contributed by atoms with van der Waals surface area (Å²) in [5, 5.41) is 5.59. The van der Waals surface area contributed by atoms with Crippen molar-refractivity contribution in [3.8, 4) is 10.6 Å². The molecule has 0 aliphatic rings. The number of aromatic nitrogens is 1. The summed E-state index contributed by atoms with van der Waals surface area (Å²) in [6.07, 6.45) is 0.173. The highest BCUT2D eigenvalue weighted by Gasteiger charge is 2.11. The first-order chi connectivity index (χ1) is 13.0. The zero-order valence-corrected chi connectivity index (χ0v) is 16.0. The van der Waals surface area contributed by atoms with E-state index in [2.05, 4.69) is 16.4 Å². The molecule has 0 atom stereocenters. The van der Waals surface area contributed by atoms with Gasteiger partial charge in [0.1, 0.15) is 5.01 Å². The van der Waals surface area contributed by atoms with Gasteiger partial charge in [-0.3, -0.25) is 4.79 Å². The minimum absolute atomic E-state index is 0.173. The Morgan fingerprint density at radius 1 is 1.15 bits per heavy atom. The van der Waals surface area contributed by atoms with E-state index in [1.54, 1.807) is 31.2 Å². The molecule has 0 bridgehead atoms. The fourth-order valence-corrected chi connectivity index (χ4v) is 3.42. The Labute approximate surface area is 162 Å². The number of carbonyl (C=O) groups is 2. The fourth-order valence-electron chi connectivity index (χ4n) is 2.61. The summed E-state index contributed by atoms with van der Waals surface area (Å²) in [7, 11) is 0. The second kappa shape index (κ2) is 8.60. The third kappa shape index (κ3) is 5.01. The molecule has 0 spiro atoms. The number of hydrogen-bond acceptors (Lipinski definition) is 5. The van der Waals surface area contributed by atoms with Crippen molar-refractivity contribution in [2.75, 3.05) is 11.9 Å². The van der Waals surface area contributed by atoms with Gasteiger partial charge in [-0.2, -0.15) is 0 Å². The molecule has 1 heterocycles. The predicted molar refractivity (Wildman–Crippen MR) is 107 cm³/mol. The molecule has 2 aromatic carbocycles. The van der Waals surface area contributed by atoms with Crippen molar-refractivity contribution >= 4 is 28.9 Å². The lowest BCUT2D eigenvalue weighted by molar-refractivity contribution is -0.115. The van der Waals surface area contributed by atoms with Crippen molar-refractivity contribution in [2.45, 2.75) is 20.3 Å². The Morgan fingerprint density at radius 3 is 2.74 bits per heavy atom. The zero-order chi connectivity index (χ0) is 19.2. The highest BCUT2D eigenvalue weighted by Crippen LogP contribution is 2.24. The monoisotopic (exact) mass is 380 g/mol. The molecule has 1 amide bonds. The molecule has 1 N–H and O–H groups in total. The number of benzene rings is 2. The molecular formula is C21H20N2O3S. The third-order valence-corrected chi connectivity index (χ3v) is 4.76. The van der Waals surface area contributed by atoms with Gasteiger partial charge >= 0.3 is 5.97 Å². The second-order valence-corrected chi connectivity index (χ2v) is 6.90. The summed E-state index contributed by atoms with van der Waals surface area (Å²) < 4.78 is 4.98. The van der Waals surface area contributed by atoms with Crippen LogP contribution in [0.25, 0.3) is 10.6 Å². The smallest absolute Gasteiger partial charge is 0.338 e. The van der Waals surface area contributed by atoms with E-state index in [0.29, 0.717) is 17.9 Å². The highest BCUT2D eigenvalue weighted by atomic mass is 32.1. The van der Waals surface area contributed by atoms with Crippen LogP contribution in [-0.4, -0.2) is 23.5 Å². The van der Waals surface area contributed by atoms with E-state index in [1.807, 2.05) is 30.5 Å². The molecule has 27 heavy (non-hydrogen) atoms. The lowest BCUT2D eigenvalue weighted by atomic mass is 10.1. The number of anilines is 1. The van der Waals surface area contributed by atoms with Crippen molar-refractivity contribution in [3.05, 3.63) is 70.7 Å². The van der Waals surface area contributed by atoms with Gasteiger partial charge in [0.25, 0.3) is 0 Å². The van der Waals surface area contributed by atoms with Crippen LogP contribution in [0.3, 0.4) is 0 Å². The molecule has 0 unspecified atom stereocenters. The Bertz CT molecular complexity index is 965. The number of nitrogens with one attached hydrogen (secondary N) is 1. The van der Waals surface area contributed by atoms with E-state index in [4.69, 9.17) is 4.74 Å². The molecule has 0 saturated heterocycles. The molecule has 138 valence electrons. The normalized spacial score (nSPS) is 10.4. The Hall–Kier alpha value is -2.99. The van der Waals surface area contributed by atoms with Gasteiger partial charge in [-0.1, -0.05) is 29.8 Å². The van der Waals surface area contributed by atoms with Crippen LogP contribution in [0.1, 0.15) is 28.5 Å². The Kier molecular flexibility index (Phi) is 5.98. The van der Waals surface area contributed by atoms with Gasteiger partial charge in [-0.15, -0.1) is 11.3 Å². The van der Waals surface area contributed by atoms with E-state index < -0.39 is 5.97 Å². The van der Waals surface area contributed by atoms with Crippen molar-refractivity contribution in [2.24, 2.45) is 0 Å². The molecule has 6 heteroatoms. The molecule has 0 aliphatic heterocycles. The van der Waals surface area contributed by atoms with Gasteiger partial charge in [-0.25, -0.2) is 9.78 Å². The number of hydrogen-bond donors (Lipinski definition) is 1. The van der Waals surface area contributed by atoms with E-state index in [1.165, 1.54) is 16.9 Å². The summed E-state index contributed by atoms with van der Waals surface area (Å²) in [4.78, 5) is 28.7. The number of aryl methyl sites for hydroxylation is 1. The first-order valence-electron chi connectivity index (χ1n) is 8.63. The Balaban J connectivity index is 1.65. The van der Waals surface area contributed by atoms with Crippen LogP contribution >= 0.6 is 11.3 Å². The van der Waals surface area contributed by atoms with Crippen LogP contribution < -0.4 is 5.32 Å². The number of rotatable bonds is 6. The number of nitrogens with zero attached hydrogens (tertiary/aromatic N) is 1. The summed E-state index contributed by atoms with van der Waals surface area (Å²) in [6.45, 7) is 4.10. The van der Waals surface area contributed by atoms with Gasteiger partial charge in [-0.05, 0) is 38.1 Å². The first kappa shape index (κ1) is 18.8. The Morgan fingerprint density at radius 2 is 1.96 bits per heavy atom. The topological polar surface area (TPSA) is 68.3 Å². The maximum atomic E-state index is 12.3. The lowest BCUT2D eigenvalue weighted by Crippen LogP contribution is -2.15. The molecule has 0 aliphatic carbocycles. The van der Waals surface area contributed by atoms with Crippen LogP contribution in [0.4, 0.5) is 5.69 Å². The van der Waals surface area contributed by atoms with Crippen LogP contribution in [0.5, 0.6) is 0 Å². The number of amides is 1. The minimum atomic E-state index is -0.407. The van der Waals surface area contributed by atoms with Gasteiger partial charge in [0, 0.05) is 16.6 Å². The maximum absolute atomic E-state index is 12.3. The van der Waals surface area contributed by atoms with Crippen LogP contribution in [0, 0.1) is 6.92 Å². The molecule has 0 fully saturated rings. The molecule has 0 radical (unpaired) electrons. The molecule has 0 saturated carbocycles. The number of carbonyl (C=O) groups excluding carboxylic acids is 2. The van der Waals surface area contributed by atoms with Gasteiger partial charge in [0.05, 0.1) is 24.3 Å². The minimum Gasteiger partial charge on any atom is -0.462 e. The molecule has 3 rings (SSSR count). The molecule has 5 nitrogen and oxygen atoms in total. The number of esters is 1. The lowest BCUT2D eigenvalue weighted by Gasteiger charge is -2.06. The van der Waals surface area contributed by atoms with Gasteiger partial charge in [0.15, 0.2) is 0 Å². The quantitative estimate of drug-likeness (QED) is 0.641. The summed E-state index contributed by atoms with van der Waals surface area (Å²) in [5.74, 6) is -0.590. The average molecular weight is 380 g/mol. The highest BCUT2D eigenvalue weighted by molar-refractivity contribution is 7.13. The van der Waals surface area contributed by atoms with Crippen LogP contribution in [-0.2, 0) is 16.0 Å². The predicted octanol–water partition coefficient (Wildman–Crippen LogP) is 4.48. The van der Waals surface area contributed by atoms with Crippen molar-refractivity contribution in [1.82, 2.24) is 4.98 Å². The van der Waals surface area contributed by atoms with Crippen molar-refractivity contribution in [1.29, 1.82) is 0 Å². The fraction of sp³-hybridized carbons (Fsp3) is 0.190. The summed E-state index contributed by atoms with van der Waals surface area (Å²) in [6, 6.07) is 14.8. The van der Waals surface area contributed by atoms with Crippen molar-refractivity contribution < 1.29 is 14.3 Å². The van der Waals surface area contributed by atoms with E-state index in [0.717, 1.165) is 16.3 Å². The third-order valence-electron chi connectivity index (χ3n) is 3.82. The molecular weight excluding hydrogens is 360 g/mol. The number of thiazole rings is 1. The maximum Gasteiger partial charge on any atom is 0.338 e. The molecule has 1 aromatic heterocycles.